The quantitative estimate of drug-likeness (QED) is 0.666. The molecule has 1 aromatic heterocycles. The van der Waals surface area contributed by atoms with Crippen molar-refractivity contribution in [2.45, 2.75) is 31.8 Å². The number of hydrogen-bond acceptors (Lipinski definition) is 3. The number of aromatic amines is 1. The Balaban J connectivity index is 1.31. The number of ether oxygens (including phenoxy) is 1. The number of para-hydroxylation sites is 1. The summed E-state index contributed by atoms with van der Waals surface area (Å²) in [4.78, 5) is 20.4. The fourth-order valence-corrected chi connectivity index (χ4v) is 4.26. The monoisotopic (exact) mass is 391 g/mol. The van der Waals surface area contributed by atoms with Crippen LogP contribution in [0.4, 0.5) is 0 Å². The predicted molar refractivity (Wildman–Crippen MR) is 116 cm³/mol. The first-order valence-electron chi connectivity index (χ1n) is 10.3. The molecule has 152 valence electrons. The number of piperidine rings is 1. The number of methoxy groups -OCH3 is 1. The Kier molecular flexibility index (Phi) is 5.86. The fourth-order valence-electron chi connectivity index (χ4n) is 4.26. The third-order valence-corrected chi connectivity index (χ3v) is 6.01. The zero-order valence-corrected chi connectivity index (χ0v) is 17.2. The van der Waals surface area contributed by atoms with E-state index >= 15 is 0 Å². The second-order valence-electron chi connectivity index (χ2n) is 7.90. The standard InChI is InChI=1S/C24H29N3O2/c1-26(17-18-6-5-7-21(14-18)29-2)20-11-13-27(24(28)15-20)12-10-19-16-25-23-9-4-3-8-22(19)23/h3-9,14,16,20,25H,10-13,15,17H2,1-2H3. The van der Waals surface area contributed by atoms with Gasteiger partial charge in [-0.15, -0.1) is 0 Å². The molecule has 1 atom stereocenters. The van der Waals surface area contributed by atoms with Crippen molar-refractivity contribution in [1.29, 1.82) is 0 Å². The third kappa shape index (κ3) is 4.46. The summed E-state index contributed by atoms with van der Waals surface area (Å²) in [5.41, 5.74) is 3.65. The van der Waals surface area contributed by atoms with E-state index in [1.54, 1.807) is 7.11 Å². The minimum absolute atomic E-state index is 0.263. The van der Waals surface area contributed by atoms with Gasteiger partial charge < -0.3 is 14.6 Å². The highest BCUT2D eigenvalue weighted by molar-refractivity contribution is 5.83. The van der Waals surface area contributed by atoms with Crippen molar-refractivity contribution in [3.8, 4) is 5.75 Å². The average molecular weight is 392 g/mol. The van der Waals surface area contributed by atoms with E-state index in [1.165, 1.54) is 16.5 Å². The van der Waals surface area contributed by atoms with E-state index in [9.17, 15) is 4.79 Å². The SMILES string of the molecule is COc1cccc(CN(C)C2CCN(CCc3c[nH]c4ccccc34)C(=O)C2)c1. The summed E-state index contributed by atoms with van der Waals surface area (Å²) in [6.07, 6.45) is 4.57. The van der Waals surface area contributed by atoms with Gasteiger partial charge in [0.05, 0.1) is 7.11 Å². The number of benzene rings is 2. The predicted octanol–water partition coefficient (Wildman–Crippen LogP) is 3.84. The van der Waals surface area contributed by atoms with Crippen molar-refractivity contribution in [3.63, 3.8) is 0 Å². The van der Waals surface area contributed by atoms with Crippen LogP contribution in [-0.4, -0.2) is 54.0 Å². The third-order valence-electron chi connectivity index (χ3n) is 6.01. The summed E-state index contributed by atoms with van der Waals surface area (Å²) in [7, 11) is 3.80. The molecule has 1 fully saturated rings. The van der Waals surface area contributed by atoms with Gasteiger partial charge in [-0.2, -0.15) is 0 Å². The summed E-state index contributed by atoms with van der Waals surface area (Å²) in [6.45, 7) is 2.44. The van der Waals surface area contributed by atoms with Crippen LogP contribution in [0, 0.1) is 0 Å². The molecule has 2 heterocycles. The number of rotatable bonds is 7. The number of likely N-dealkylation sites (tertiary alicyclic amines) is 1. The van der Waals surface area contributed by atoms with E-state index in [4.69, 9.17) is 4.74 Å². The van der Waals surface area contributed by atoms with E-state index in [2.05, 4.69) is 53.5 Å². The highest BCUT2D eigenvalue weighted by atomic mass is 16.5. The minimum Gasteiger partial charge on any atom is -0.497 e. The molecule has 0 bridgehead atoms. The lowest BCUT2D eigenvalue weighted by atomic mass is 10.0. The molecule has 5 heteroatoms. The summed E-state index contributed by atoms with van der Waals surface area (Å²) in [6, 6.07) is 16.8. The number of nitrogens with zero attached hydrogens (tertiary/aromatic N) is 2. The maximum Gasteiger partial charge on any atom is 0.224 e. The van der Waals surface area contributed by atoms with Gasteiger partial charge in [-0.3, -0.25) is 9.69 Å². The maximum atomic E-state index is 12.8. The molecular formula is C24H29N3O2. The topological polar surface area (TPSA) is 48.6 Å². The van der Waals surface area contributed by atoms with Crippen LogP contribution in [0.2, 0.25) is 0 Å². The Morgan fingerprint density at radius 2 is 2.07 bits per heavy atom. The number of nitrogens with one attached hydrogen (secondary N) is 1. The van der Waals surface area contributed by atoms with Crippen LogP contribution in [0.25, 0.3) is 10.9 Å². The first-order chi connectivity index (χ1) is 14.1. The zero-order valence-electron chi connectivity index (χ0n) is 17.2. The van der Waals surface area contributed by atoms with Crippen LogP contribution < -0.4 is 4.74 Å². The Bertz CT molecular complexity index is 981. The molecule has 29 heavy (non-hydrogen) atoms. The maximum absolute atomic E-state index is 12.8. The molecular weight excluding hydrogens is 362 g/mol. The highest BCUT2D eigenvalue weighted by Crippen LogP contribution is 2.22. The second-order valence-corrected chi connectivity index (χ2v) is 7.90. The highest BCUT2D eigenvalue weighted by Gasteiger charge is 2.28. The van der Waals surface area contributed by atoms with Crippen molar-refractivity contribution < 1.29 is 9.53 Å². The van der Waals surface area contributed by atoms with Crippen molar-refractivity contribution in [1.82, 2.24) is 14.8 Å². The lowest BCUT2D eigenvalue weighted by Crippen LogP contribution is -2.46. The van der Waals surface area contributed by atoms with Gasteiger partial charge in [0.25, 0.3) is 0 Å². The van der Waals surface area contributed by atoms with Gasteiger partial charge in [0.1, 0.15) is 5.75 Å². The molecule has 0 saturated carbocycles. The van der Waals surface area contributed by atoms with Crippen molar-refractivity contribution in [3.05, 3.63) is 65.9 Å². The molecule has 4 rings (SSSR count). The van der Waals surface area contributed by atoms with E-state index in [0.29, 0.717) is 6.42 Å². The van der Waals surface area contributed by atoms with Crippen molar-refractivity contribution in [2.24, 2.45) is 0 Å². The molecule has 0 spiro atoms. The fraction of sp³-hybridized carbons (Fsp3) is 0.375. The molecule has 1 aliphatic rings. The number of hydrogen-bond donors (Lipinski definition) is 1. The molecule has 1 amide bonds. The summed E-state index contributed by atoms with van der Waals surface area (Å²) >= 11 is 0. The minimum atomic E-state index is 0.263. The molecule has 1 N–H and O–H groups in total. The molecule has 0 aliphatic carbocycles. The lowest BCUT2D eigenvalue weighted by Gasteiger charge is -2.36. The van der Waals surface area contributed by atoms with E-state index in [-0.39, 0.29) is 11.9 Å². The van der Waals surface area contributed by atoms with Gasteiger partial charge in [-0.25, -0.2) is 0 Å². The van der Waals surface area contributed by atoms with Crippen LogP contribution in [-0.2, 0) is 17.8 Å². The van der Waals surface area contributed by atoms with Gasteiger partial charge >= 0.3 is 0 Å². The van der Waals surface area contributed by atoms with Crippen LogP contribution in [0.3, 0.4) is 0 Å². The molecule has 1 saturated heterocycles. The van der Waals surface area contributed by atoms with Gasteiger partial charge in [-0.1, -0.05) is 30.3 Å². The normalized spacial score (nSPS) is 17.3. The Hall–Kier alpha value is -2.79. The molecule has 2 aromatic carbocycles. The van der Waals surface area contributed by atoms with E-state index in [1.807, 2.05) is 23.1 Å². The number of H-pyrrole nitrogens is 1. The summed E-state index contributed by atoms with van der Waals surface area (Å²) < 4.78 is 5.32. The molecule has 0 radical (unpaired) electrons. The molecule has 1 unspecified atom stereocenters. The number of fused-ring (bicyclic) bond motifs is 1. The number of carbonyl (C=O) groups excluding carboxylic acids is 1. The van der Waals surface area contributed by atoms with Gasteiger partial charge in [0.15, 0.2) is 0 Å². The number of carbonyl (C=O) groups is 1. The summed E-state index contributed by atoms with van der Waals surface area (Å²) in [5.74, 6) is 1.14. The zero-order chi connectivity index (χ0) is 20.2. The van der Waals surface area contributed by atoms with Crippen LogP contribution in [0.1, 0.15) is 24.0 Å². The summed E-state index contributed by atoms with van der Waals surface area (Å²) in [5, 5.41) is 1.26. The number of aromatic nitrogens is 1. The first-order valence-corrected chi connectivity index (χ1v) is 10.3. The Morgan fingerprint density at radius 3 is 2.90 bits per heavy atom. The largest absolute Gasteiger partial charge is 0.497 e. The van der Waals surface area contributed by atoms with Crippen molar-refractivity contribution in [2.75, 3.05) is 27.2 Å². The lowest BCUT2D eigenvalue weighted by molar-refractivity contribution is -0.135. The number of amides is 1. The van der Waals surface area contributed by atoms with Gasteiger partial charge in [0.2, 0.25) is 5.91 Å². The van der Waals surface area contributed by atoms with Crippen LogP contribution >= 0.6 is 0 Å². The molecule has 3 aromatic rings. The van der Waals surface area contributed by atoms with E-state index < -0.39 is 0 Å². The first kappa shape index (κ1) is 19.5. The molecule has 5 nitrogen and oxygen atoms in total. The smallest absolute Gasteiger partial charge is 0.224 e. The van der Waals surface area contributed by atoms with Crippen LogP contribution in [0.15, 0.2) is 54.7 Å². The second kappa shape index (κ2) is 8.70. The van der Waals surface area contributed by atoms with E-state index in [0.717, 1.165) is 43.7 Å². The van der Waals surface area contributed by atoms with Crippen molar-refractivity contribution >= 4 is 16.8 Å². The van der Waals surface area contributed by atoms with Gasteiger partial charge in [-0.05, 0) is 49.2 Å². The Morgan fingerprint density at radius 1 is 1.21 bits per heavy atom. The average Bonchev–Trinajstić information content (AvgIpc) is 3.16. The Labute approximate surface area is 172 Å². The molecule has 1 aliphatic heterocycles. The van der Waals surface area contributed by atoms with Gasteiger partial charge in [0, 0.05) is 49.2 Å². The van der Waals surface area contributed by atoms with Crippen LogP contribution in [0.5, 0.6) is 5.75 Å².